The van der Waals surface area contributed by atoms with E-state index >= 15 is 0 Å². The lowest BCUT2D eigenvalue weighted by Crippen LogP contribution is -2.57. The van der Waals surface area contributed by atoms with Crippen LogP contribution in [0.3, 0.4) is 0 Å². The van der Waals surface area contributed by atoms with E-state index in [4.69, 9.17) is 9.47 Å². The van der Waals surface area contributed by atoms with Crippen LogP contribution in [-0.2, 0) is 14.3 Å². The van der Waals surface area contributed by atoms with Crippen LogP contribution in [0.5, 0.6) is 0 Å². The molecule has 1 saturated carbocycles. The zero-order valence-corrected chi connectivity index (χ0v) is 10.3. The first-order valence-corrected chi connectivity index (χ1v) is 6.90. The lowest BCUT2D eigenvalue weighted by molar-refractivity contribution is -0.158. The molecule has 3 rings (SSSR count). The highest BCUT2D eigenvalue weighted by Gasteiger charge is 2.39. The number of rotatable bonds is 1. The first-order chi connectivity index (χ1) is 8.36. The molecular weight excluding hydrogens is 218 g/mol. The second-order valence-electron chi connectivity index (χ2n) is 5.29. The minimum absolute atomic E-state index is 0.171. The van der Waals surface area contributed by atoms with Crippen molar-refractivity contribution in [2.24, 2.45) is 0 Å². The van der Waals surface area contributed by atoms with Crippen LogP contribution in [0.15, 0.2) is 0 Å². The molecule has 4 heteroatoms. The molecule has 0 aromatic heterocycles. The third-order valence-corrected chi connectivity index (χ3v) is 4.22. The van der Waals surface area contributed by atoms with Gasteiger partial charge in [-0.05, 0) is 25.7 Å². The van der Waals surface area contributed by atoms with Crippen LogP contribution in [0, 0.1) is 0 Å². The smallest absolute Gasteiger partial charge is 0.252 e. The summed E-state index contributed by atoms with van der Waals surface area (Å²) in [6.45, 7) is 2.19. The molecule has 2 heterocycles. The molecule has 4 nitrogen and oxygen atoms in total. The summed E-state index contributed by atoms with van der Waals surface area (Å²) >= 11 is 0. The fourth-order valence-electron chi connectivity index (χ4n) is 3.33. The number of hydrogen-bond acceptors (Lipinski definition) is 3. The lowest BCUT2D eigenvalue weighted by Gasteiger charge is -2.44. The largest absolute Gasteiger partial charge is 0.374 e. The summed E-state index contributed by atoms with van der Waals surface area (Å²) in [5.74, 6) is 0.211. The van der Waals surface area contributed by atoms with Gasteiger partial charge >= 0.3 is 0 Å². The molecular formula is C13H21NO3. The topological polar surface area (TPSA) is 38.8 Å². The Kier molecular flexibility index (Phi) is 3.34. The van der Waals surface area contributed by atoms with E-state index in [2.05, 4.69) is 0 Å². The maximum absolute atomic E-state index is 12.4. The molecule has 3 atom stereocenters. The van der Waals surface area contributed by atoms with Crippen LogP contribution in [0.25, 0.3) is 0 Å². The van der Waals surface area contributed by atoms with Crippen molar-refractivity contribution in [2.45, 2.75) is 56.8 Å². The molecule has 0 aromatic carbocycles. The highest BCUT2D eigenvalue weighted by Crippen LogP contribution is 2.29. The van der Waals surface area contributed by atoms with Crippen LogP contribution >= 0.6 is 0 Å². The van der Waals surface area contributed by atoms with Crippen LogP contribution in [0.4, 0.5) is 0 Å². The normalized spacial score (nSPS) is 37.9. The third kappa shape index (κ3) is 2.20. The summed E-state index contributed by atoms with van der Waals surface area (Å²) < 4.78 is 11.3. The molecule has 3 aliphatic rings. The Bertz CT molecular complexity index is 286. The molecule has 2 saturated heterocycles. The first kappa shape index (κ1) is 11.5. The van der Waals surface area contributed by atoms with E-state index in [1.165, 1.54) is 12.8 Å². The van der Waals surface area contributed by atoms with E-state index in [1.54, 1.807) is 0 Å². The van der Waals surface area contributed by atoms with Gasteiger partial charge in [-0.2, -0.15) is 0 Å². The first-order valence-electron chi connectivity index (χ1n) is 6.90. The van der Waals surface area contributed by atoms with Crippen molar-refractivity contribution in [3.8, 4) is 0 Å². The summed E-state index contributed by atoms with van der Waals surface area (Å²) in [4.78, 5) is 14.4. The molecule has 96 valence electrons. The summed E-state index contributed by atoms with van der Waals surface area (Å²) in [5, 5.41) is 0. The Balaban J connectivity index is 1.69. The van der Waals surface area contributed by atoms with E-state index in [0.29, 0.717) is 12.6 Å². The number of fused-ring (bicyclic) bond motifs is 1. The van der Waals surface area contributed by atoms with Gasteiger partial charge in [-0.1, -0.05) is 12.8 Å². The summed E-state index contributed by atoms with van der Waals surface area (Å²) in [6.07, 6.45) is 6.70. The number of carbonyl (C=O) groups is 1. The zero-order valence-electron chi connectivity index (χ0n) is 10.3. The standard InChI is InChI=1S/C13H21NO3/c15-13(12-6-3-8-16-12)14-7-9-17-11-5-2-1-4-10(11)14/h10-12H,1-9H2. The quantitative estimate of drug-likeness (QED) is 0.693. The number of morpholine rings is 1. The number of nitrogens with zero attached hydrogens (tertiary/aromatic N) is 1. The van der Waals surface area contributed by atoms with Crippen molar-refractivity contribution in [1.29, 1.82) is 0 Å². The molecule has 0 radical (unpaired) electrons. The predicted octanol–water partition coefficient (Wildman–Crippen LogP) is 1.34. The molecule has 3 fully saturated rings. The van der Waals surface area contributed by atoms with Gasteiger partial charge in [0.15, 0.2) is 0 Å². The van der Waals surface area contributed by atoms with Gasteiger partial charge in [0, 0.05) is 13.2 Å². The maximum atomic E-state index is 12.4. The summed E-state index contributed by atoms with van der Waals surface area (Å²) in [7, 11) is 0. The Labute approximate surface area is 102 Å². The van der Waals surface area contributed by atoms with E-state index in [9.17, 15) is 4.79 Å². The SMILES string of the molecule is O=C(C1CCCO1)N1CCOC2CCCCC21. The van der Waals surface area contributed by atoms with Gasteiger partial charge in [-0.25, -0.2) is 0 Å². The van der Waals surface area contributed by atoms with Crippen molar-refractivity contribution in [2.75, 3.05) is 19.8 Å². The monoisotopic (exact) mass is 239 g/mol. The van der Waals surface area contributed by atoms with Crippen LogP contribution < -0.4 is 0 Å². The Morgan fingerprint density at radius 1 is 1.00 bits per heavy atom. The van der Waals surface area contributed by atoms with Gasteiger partial charge in [0.25, 0.3) is 5.91 Å². The highest BCUT2D eigenvalue weighted by atomic mass is 16.5. The molecule has 2 aliphatic heterocycles. The van der Waals surface area contributed by atoms with Crippen molar-refractivity contribution in [1.82, 2.24) is 4.90 Å². The average molecular weight is 239 g/mol. The van der Waals surface area contributed by atoms with Crippen molar-refractivity contribution < 1.29 is 14.3 Å². The fourth-order valence-corrected chi connectivity index (χ4v) is 3.33. The van der Waals surface area contributed by atoms with Gasteiger partial charge < -0.3 is 14.4 Å². The van der Waals surface area contributed by atoms with Crippen LogP contribution in [0.1, 0.15) is 38.5 Å². The Hall–Kier alpha value is -0.610. The average Bonchev–Trinajstić information content (AvgIpc) is 2.91. The van der Waals surface area contributed by atoms with Crippen molar-refractivity contribution in [3.05, 3.63) is 0 Å². The Morgan fingerprint density at radius 2 is 1.88 bits per heavy atom. The molecule has 17 heavy (non-hydrogen) atoms. The van der Waals surface area contributed by atoms with E-state index in [0.717, 1.165) is 38.8 Å². The fraction of sp³-hybridized carbons (Fsp3) is 0.923. The second-order valence-corrected chi connectivity index (χ2v) is 5.29. The number of amides is 1. The van der Waals surface area contributed by atoms with Gasteiger partial charge in [0.05, 0.1) is 18.8 Å². The zero-order chi connectivity index (χ0) is 11.7. The van der Waals surface area contributed by atoms with Crippen molar-refractivity contribution in [3.63, 3.8) is 0 Å². The number of ether oxygens (including phenoxy) is 2. The maximum Gasteiger partial charge on any atom is 0.252 e. The Morgan fingerprint density at radius 3 is 2.71 bits per heavy atom. The van der Waals surface area contributed by atoms with E-state index in [1.807, 2.05) is 4.90 Å². The van der Waals surface area contributed by atoms with Crippen LogP contribution in [0.2, 0.25) is 0 Å². The molecule has 0 aromatic rings. The van der Waals surface area contributed by atoms with E-state index < -0.39 is 0 Å². The summed E-state index contributed by atoms with van der Waals surface area (Å²) in [6, 6.07) is 0.314. The van der Waals surface area contributed by atoms with Gasteiger partial charge in [0.1, 0.15) is 6.10 Å². The number of carbonyl (C=O) groups excluding carboxylic acids is 1. The van der Waals surface area contributed by atoms with Crippen LogP contribution in [-0.4, -0.2) is 48.8 Å². The van der Waals surface area contributed by atoms with E-state index in [-0.39, 0.29) is 18.1 Å². The molecule has 0 spiro atoms. The molecule has 1 aliphatic carbocycles. The third-order valence-electron chi connectivity index (χ3n) is 4.22. The minimum atomic E-state index is -0.171. The van der Waals surface area contributed by atoms with Crippen molar-refractivity contribution >= 4 is 5.91 Å². The molecule has 0 bridgehead atoms. The molecule has 1 amide bonds. The molecule has 3 unspecified atom stereocenters. The lowest BCUT2D eigenvalue weighted by atomic mass is 9.90. The second kappa shape index (κ2) is 4.94. The van der Waals surface area contributed by atoms with Gasteiger partial charge in [-0.3, -0.25) is 4.79 Å². The van der Waals surface area contributed by atoms with Gasteiger partial charge in [-0.15, -0.1) is 0 Å². The number of hydrogen-bond donors (Lipinski definition) is 0. The summed E-state index contributed by atoms with van der Waals surface area (Å²) in [5.41, 5.74) is 0. The minimum Gasteiger partial charge on any atom is -0.374 e. The highest BCUT2D eigenvalue weighted by molar-refractivity contribution is 5.81. The predicted molar refractivity (Wildman–Crippen MR) is 62.7 cm³/mol. The molecule has 0 N–H and O–H groups in total. The van der Waals surface area contributed by atoms with Gasteiger partial charge in [0.2, 0.25) is 0 Å².